The van der Waals surface area contributed by atoms with Gasteiger partial charge in [-0.15, -0.1) is 16.2 Å². The van der Waals surface area contributed by atoms with E-state index >= 15 is 0 Å². The van der Waals surface area contributed by atoms with Crippen LogP contribution in [0.3, 0.4) is 0 Å². The number of carbonyl (C=O) groups excluding carboxylic acids is 1. The molecule has 0 N–H and O–H groups in total. The normalized spacial score (nSPS) is 15.7. The number of carbonyl (C=O) groups is 1. The van der Waals surface area contributed by atoms with Crippen LogP contribution in [0, 0.1) is 11.8 Å². The van der Waals surface area contributed by atoms with Gasteiger partial charge in [-0.2, -0.15) is 0 Å². The van der Waals surface area contributed by atoms with Gasteiger partial charge in [0.2, 0.25) is 5.90 Å². The van der Waals surface area contributed by atoms with E-state index in [1.54, 1.807) is 37.2 Å². The molecule has 4 rings (SSSR count). The molecule has 178 valence electrons. The lowest BCUT2D eigenvalue weighted by atomic mass is 9.96. The number of amides is 1. The van der Waals surface area contributed by atoms with E-state index in [0.29, 0.717) is 43.5 Å². The van der Waals surface area contributed by atoms with E-state index in [2.05, 4.69) is 28.2 Å². The first-order valence-electron chi connectivity index (χ1n) is 11.0. The first kappa shape index (κ1) is 23.7. The largest absolute Gasteiger partial charge is 0.496 e. The summed E-state index contributed by atoms with van der Waals surface area (Å²) in [6.45, 7) is 15.7. The molecule has 2 aliphatic rings. The molecule has 34 heavy (non-hydrogen) atoms. The van der Waals surface area contributed by atoms with E-state index < -0.39 is 11.4 Å². The number of nitrogens with zero attached hydrogens (tertiary/aromatic N) is 4. The highest BCUT2D eigenvalue weighted by Crippen LogP contribution is 2.49. The second-order valence-electron chi connectivity index (χ2n) is 8.64. The molecule has 0 saturated heterocycles. The van der Waals surface area contributed by atoms with Crippen molar-refractivity contribution in [1.29, 1.82) is 0 Å². The van der Waals surface area contributed by atoms with Crippen molar-refractivity contribution in [3.8, 4) is 5.75 Å². The van der Waals surface area contributed by atoms with Crippen molar-refractivity contribution in [2.45, 2.75) is 32.7 Å². The van der Waals surface area contributed by atoms with Gasteiger partial charge in [-0.1, -0.05) is 31.4 Å². The van der Waals surface area contributed by atoms with Crippen molar-refractivity contribution in [3.05, 3.63) is 69.7 Å². The van der Waals surface area contributed by atoms with Gasteiger partial charge in [0.1, 0.15) is 28.7 Å². The van der Waals surface area contributed by atoms with Crippen LogP contribution < -0.4 is 9.64 Å². The Labute approximate surface area is 203 Å². The molecule has 8 nitrogen and oxygen atoms in total. The van der Waals surface area contributed by atoms with Crippen molar-refractivity contribution >= 4 is 33.8 Å². The molecule has 0 aliphatic carbocycles. The minimum absolute atomic E-state index is 0.552. The summed E-state index contributed by atoms with van der Waals surface area (Å²) < 4.78 is 11.3. The van der Waals surface area contributed by atoms with E-state index in [-0.39, 0.29) is 0 Å². The predicted octanol–water partition coefficient (Wildman–Crippen LogP) is 4.72. The number of anilines is 1. The molecule has 0 saturated carbocycles. The maximum Gasteiger partial charge on any atom is 0.311 e. The monoisotopic (exact) mass is 480 g/mol. The Hall–Kier alpha value is -3.46. The summed E-state index contributed by atoms with van der Waals surface area (Å²) in [6.07, 6.45) is 0.673. The van der Waals surface area contributed by atoms with Crippen LogP contribution in [0.4, 0.5) is 5.00 Å². The van der Waals surface area contributed by atoms with Crippen LogP contribution in [0.5, 0.6) is 5.75 Å². The molecule has 0 radical (unpaired) electrons. The van der Waals surface area contributed by atoms with Crippen LogP contribution in [-0.2, 0) is 16.0 Å². The maximum atomic E-state index is 12.5. The van der Waals surface area contributed by atoms with Gasteiger partial charge in [-0.25, -0.2) is 4.99 Å². The first-order chi connectivity index (χ1) is 16.2. The average Bonchev–Trinajstić information content (AvgIpc) is 3.46. The lowest BCUT2D eigenvalue weighted by Gasteiger charge is -2.47. The summed E-state index contributed by atoms with van der Waals surface area (Å²) in [5, 5.41) is 3.66. The number of aliphatic imine (C=N–C) groups is 1. The summed E-state index contributed by atoms with van der Waals surface area (Å²) in [5.74, 6) is 1.19. The van der Waals surface area contributed by atoms with Crippen molar-refractivity contribution < 1.29 is 14.3 Å². The predicted molar refractivity (Wildman–Crippen MR) is 135 cm³/mol. The lowest BCUT2D eigenvalue weighted by Crippen LogP contribution is -2.53. The molecule has 0 atom stereocenters. The van der Waals surface area contributed by atoms with Crippen molar-refractivity contribution in [2.75, 3.05) is 31.7 Å². The fourth-order valence-electron chi connectivity index (χ4n) is 4.45. The van der Waals surface area contributed by atoms with Crippen LogP contribution >= 0.6 is 11.3 Å². The number of thiophene rings is 1. The van der Waals surface area contributed by atoms with E-state index in [4.69, 9.17) is 9.47 Å². The molecule has 1 aromatic carbocycles. The van der Waals surface area contributed by atoms with Gasteiger partial charge in [-0.05, 0) is 44.4 Å². The van der Waals surface area contributed by atoms with E-state index in [9.17, 15) is 9.70 Å². The molecule has 0 spiro atoms. The number of rotatable bonds is 7. The molecule has 1 aromatic heterocycles. The zero-order valence-electron chi connectivity index (χ0n) is 19.9. The number of para-hydroxylation sites is 1. The Balaban J connectivity index is 1.81. The second-order valence-corrected chi connectivity index (χ2v) is 9.64. The minimum Gasteiger partial charge on any atom is -0.496 e. The Morgan fingerprint density at radius 2 is 2.06 bits per heavy atom. The molecule has 2 aromatic rings. The number of fused-ring (bicyclic) bond motifs is 1. The molecule has 2 aliphatic heterocycles. The van der Waals surface area contributed by atoms with Crippen LogP contribution in [-0.4, -0.2) is 49.0 Å². The number of nitroso groups, excluding NO2 is 1. The van der Waals surface area contributed by atoms with Gasteiger partial charge in [0.25, 0.3) is 0 Å². The fraction of sp³-hybridized carbons (Fsp3) is 0.360. The smallest absolute Gasteiger partial charge is 0.311 e. The van der Waals surface area contributed by atoms with Crippen LogP contribution in [0.1, 0.15) is 35.4 Å². The lowest BCUT2D eigenvalue weighted by molar-refractivity contribution is -0.125. The van der Waals surface area contributed by atoms with Crippen molar-refractivity contribution in [1.82, 2.24) is 4.90 Å². The molecular weight excluding hydrogens is 452 g/mol. The quantitative estimate of drug-likeness (QED) is 0.533. The second kappa shape index (κ2) is 9.06. The van der Waals surface area contributed by atoms with Crippen LogP contribution in [0.25, 0.3) is 5.70 Å². The van der Waals surface area contributed by atoms with Gasteiger partial charge in [-0.3, -0.25) is 4.79 Å². The third-order valence-corrected chi connectivity index (χ3v) is 7.55. The highest BCUT2D eigenvalue weighted by atomic mass is 32.1. The highest BCUT2D eigenvalue weighted by Gasteiger charge is 2.45. The van der Waals surface area contributed by atoms with Crippen molar-refractivity contribution in [3.63, 3.8) is 0 Å². The van der Waals surface area contributed by atoms with E-state index in [1.807, 2.05) is 31.2 Å². The van der Waals surface area contributed by atoms with Gasteiger partial charge in [0.15, 0.2) is 0 Å². The third-order valence-electron chi connectivity index (χ3n) is 6.24. The summed E-state index contributed by atoms with van der Waals surface area (Å²) in [5.41, 5.74) is 2.24. The molecule has 3 heterocycles. The SMILES string of the molecule is C=C1c2c(sc(C3=NCCO3)c2C)N(CCc2ccccc2OC)C(=C)N1C(C)(C)C(=O)N=O. The summed E-state index contributed by atoms with van der Waals surface area (Å²) in [6, 6.07) is 7.87. The fourth-order valence-corrected chi connectivity index (χ4v) is 5.79. The zero-order valence-corrected chi connectivity index (χ0v) is 20.7. The third kappa shape index (κ3) is 3.79. The molecule has 0 fully saturated rings. The average molecular weight is 481 g/mol. The number of hydrogen-bond acceptors (Lipinski definition) is 8. The Kier molecular flexibility index (Phi) is 6.31. The Morgan fingerprint density at radius 1 is 1.32 bits per heavy atom. The number of methoxy groups -OCH3 is 1. The van der Waals surface area contributed by atoms with Crippen molar-refractivity contribution in [2.24, 2.45) is 10.2 Å². The van der Waals surface area contributed by atoms with Gasteiger partial charge < -0.3 is 19.3 Å². The molecular formula is C25H28N4O4S. The molecule has 1 amide bonds. The zero-order chi connectivity index (χ0) is 24.6. The van der Waals surface area contributed by atoms with Gasteiger partial charge >= 0.3 is 5.91 Å². The van der Waals surface area contributed by atoms with E-state index in [1.165, 1.54) is 0 Å². The number of benzene rings is 1. The Morgan fingerprint density at radius 3 is 2.71 bits per heavy atom. The first-order valence-corrected chi connectivity index (χ1v) is 11.8. The number of hydrogen-bond donors (Lipinski definition) is 0. The topological polar surface area (TPSA) is 83.8 Å². The summed E-state index contributed by atoms with van der Waals surface area (Å²) >= 11 is 1.57. The van der Waals surface area contributed by atoms with Crippen LogP contribution in [0.2, 0.25) is 0 Å². The Bertz CT molecular complexity index is 1210. The van der Waals surface area contributed by atoms with Gasteiger partial charge in [0, 0.05) is 23.0 Å². The summed E-state index contributed by atoms with van der Waals surface area (Å²) in [7, 11) is 1.65. The summed E-state index contributed by atoms with van der Waals surface area (Å²) in [4.78, 5) is 32.9. The molecule has 0 unspecified atom stereocenters. The molecule has 9 heteroatoms. The minimum atomic E-state index is -1.26. The standard InChI is InChI=1S/C25H28N4O4S/c1-15-20-16(2)29(25(4,5)24(30)27-31)17(3)28(13-11-18-9-7-8-10-19(18)32-6)23(20)34-21(15)22-26-12-14-33-22/h7-10H,2-3,11-14H2,1,4-6H3. The highest BCUT2D eigenvalue weighted by molar-refractivity contribution is 7.18. The number of ether oxygens (including phenoxy) is 2. The maximum absolute atomic E-state index is 12.5. The molecule has 0 bridgehead atoms. The van der Waals surface area contributed by atoms with Gasteiger partial charge in [0.05, 0.1) is 18.5 Å². The van der Waals surface area contributed by atoms with Crippen LogP contribution in [0.15, 0.2) is 53.4 Å². The van der Waals surface area contributed by atoms with E-state index in [0.717, 1.165) is 32.3 Å².